The monoisotopic (exact) mass is 491 g/mol. The van der Waals surface area contributed by atoms with Gasteiger partial charge in [-0.2, -0.15) is 4.31 Å². The topological polar surface area (TPSA) is 91.4 Å². The Morgan fingerprint density at radius 1 is 1.03 bits per heavy atom. The van der Waals surface area contributed by atoms with Crippen molar-refractivity contribution in [3.05, 3.63) is 53.6 Å². The predicted molar refractivity (Wildman–Crippen MR) is 129 cm³/mol. The van der Waals surface area contributed by atoms with Crippen LogP contribution >= 0.6 is 0 Å². The van der Waals surface area contributed by atoms with Crippen molar-refractivity contribution in [1.29, 1.82) is 0 Å². The third-order valence-corrected chi connectivity index (χ3v) is 7.76. The molecule has 1 heterocycles. The molecule has 34 heavy (non-hydrogen) atoms. The molecule has 0 aromatic heterocycles. The van der Waals surface area contributed by atoms with Gasteiger partial charge in [-0.15, -0.1) is 0 Å². The molecule has 3 rings (SSSR count). The van der Waals surface area contributed by atoms with Gasteiger partial charge in [0.25, 0.3) is 0 Å². The first kappa shape index (κ1) is 25.8. The minimum atomic E-state index is -3.80. The summed E-state index contributed by atoms with van der Waals surface area (Å²) in [6.45, 7) is 2.38. The zero-order valence-electron chi connectivity index (χ0n) is 20.2. The zero-order chi connectivity index (χ0) is 24.7. The molecule has 2 atom stereocenters. The van der Waals surface area contributed by atoms with Crippen molar-refractivity contribution in [3.8, 4) is 17.2 Å². The maximum Gasteiger partial charge on any atom is 0.325 e. The van der Waals surface area contributed by atoms with Crippen molar-refractivity contribution in [2.24, 2.45) is 0 Å². The van der Waals surface area contributed by atoms with Gasteiger partial charge in [0.1, 0.15) is 6.04 Å². The van der Waals surface area contributed by atoms with E-state index >= 15 is 0 Å². The van der Waals surface area contributed by atoms with Crippen LogP contribution in [-0.4, -0.2) is 59.2 Å². The second kappa shape index (κ2) is 11.6. The number of esters is 1. The van der Waals surface area contributed by atoms with Crippen molar-refractivity contribution in [3.63, 3.8) is 0 Å². The molecule has 0 spiro atoms. The Hall–Kier alpha value is -2.78. The number of carbonyl (C=O) groups excluding carboxylic acids is 1. The highest BCUT2D eigenvalue weighted by atomic mass is 32.2. The molecule has 9 heteroatoms. The summed E-state index contributed by atoms with van der Waals surface area (Å²) >= 11 is 0. The Morgan fingerprint density at radius 2 is 1.68 bits per heavy atom. The molecule has 0 radical (unpaired) electrons. The van der Waals surface area contributed by atoms with Gasteiger partial charge in [0.15, 0.2) is 11.5 Å². The van der Waals surface area contributed by atoms with Gasteiger partial charge in [-0.3, -0.25) is 4.79 Å². The van der Waals surface area contributed by atoms with Crippen molar-refractivity contribution >= 4 is 16.0 Å². The minimum absolute atomic E-state index is 0.187. The number of sulfonamides is 1. The van der Waals surface area contributed by atoms with Crippen LogP contribution in [0.4, 0.5) is 0 Å². The molecule has 0 aliphatic carbocycles. The fourth-order valence-corrected chi connectivity index (χ4v) is 6.14. The Balaban J connectivity index is 2.05. The van der Waals surface area contributed by atoms with Crippen LogP contribution in [0.2, 0.25) is 0 Å². The highest BCUT2D eigenvalue weighted by Gasteiger charge is 2.44. The lowest BCUT2D eigenvalue weighted by Gasteiger charge is -2.39. The first-order valence-corrected chi connectivity index (χ1v) is 13.0. The second-order valence-electron chi connectivity index (χ2n) is 8.17. The van der Waals surface area contributed by atoms with Crippen LogP contribution in [0.3, 0.4) is 0 Å². The summed E-state index contributed by atoms with van der Waals surface area (Å²) in [5, 5.41) is 0. The largest absolute Gasteiger partial charge is 0.493 e. The van der Waals surface area contributed by atoms with Crippen molar-refractivity contribution in [1.82, 2.24) is 4.31 Å². The van der Waals surface area contributed by atoms with Gasteiger partial charge in [-0.05, 0) is 42.5 Å². The Labute approximate surface area is 201 Å². The van der Waals surface area contributed by atoms with Crippen LogP contribution in [-0.2, 0) is 25.3 Å². The molecule has 0 bridgehead atoms. The number of piperidine rings is 1. The lowest BCUT2D eigenvalue weighted by atomic mass is 9.84. The number of rotatable bonds is 10. The number of carbonyl (C=O) groups is 1. The van der Waals surface area contributed by atoms with Crippen LogP contribution in [0, 0.1) is 0 Å². The molecule has 2 unspecified atom stereocenters. The van der Waals surface area contributed by atoms with Crippen LogP contribution < -0.4 is 14.2 Å². The summed E-state index contributed by atoms with van der Waals surface area (Å²) in [5.74, 6) is 0.161. The average molecular weight is 492 g/mol. The van der Waals surface area contributed by atoms with E-state index < -0.39 is 28.0 Å². The summed E-state index contributed by atoms with van der Waals surface area (Å²) in [6.07, 6.45) is 1.86. The molecular formula is C25H33NO7S. The van der Waals surface area contributed by atoms with E-state index in [-0.39, 0.29) is 18.9 Å². The fraction of sp³-hybridized carbons (Fsp3) is 0.480. The molecule has 2 aromatic rings. The van der Waals surface area contributed by atoms with Gasteiger partial charge >= 0.3 is 5.97 Å². The number of hydrogen-bond donors (Lipinski definition) is 0. The van der Waals surface area contributed by atoms with Gasteiger partial charge in [0.05, 0.1) is 33.7 Å². The highest BCUT2D eigenvalue weighted by molar-refractivity contribution is 7.88. The summed E-state index contributed by atoms with van der Waals surface area (Å²) in [7, 11) is 0.761. The van der Waals surface area contributed by atoms with E-state index in [1.807, 2.05) is 13.0 Å². The van der Waals surface area contributed by atoms with E-state index in [0.29, 0.717) is 42.1 Å². The Morgan fingerprint density at radius 3 is 2.24 bits per heavy atom. The summed E-state index contributed by atoms with van der Waals surface area (Å²) < 4.78 is 50.2. The van der Waals surface area contributed by atoms with Crippen LogP contribution in [0.1, 0.15) is 43.2 Å². The molecule has 8 nitrogen and oxygen atoms in total. The van der Waals surface area contributed by atoms with Crippen molar-refractivity contribution in [2.45, 2.75) is 43.9 Å². The number of ether oxygens (including phenoxy) is 4. The number of hydrogen-bond acceptors (Lipinski definition) is 7. The summed E-state index contributed by atoms with van der Waals surface area (Å²) in [5.41, 5.74) is 1.39. The normalized spacial score (nSPS) is 18.8. The van der Waals surface area contributed by atoms with Crippen LogP contribution in [0.25, 0.3) is 0 Å². The van der Waals surface area contributed by atoms with Gasteiger partial charge < -0.3 is 18.9 Å². The molecule has 186 valence electrons. The van der Waals surface area contributed by atoms with E-state index in [2.05, 4.69) is 0 Å². The predicted octanol–water partition coefficient (Wildman–Crippen LogP) is 3.74. The summed E-state index contributed by atoms with van der Waals surface area (Å²) in [6, 6.07) is 11.5. The highest BCUT2D eigenvalue weighted by Crippen LogP contribution is 2.44. The maximum atomic E-state index is 13.5. The SMILES string of the molecule is CCCOC(=O)C1C(c2cc(OC)c(OC)c(OC)c2)CCCN1S(=O)(=O)Cc1ccccc1. The van der Waals surface area contributed by atoms with E-state index in [9.17, 15) is 13.2 Å². The van der Waals surface area contributed by atoms with Crippen molar-refractivity contribution in [2.75, 3.05) is 34.5 Å². The third kappa shape index (κ3) is 5.64. The van der Waals surface area contributed by atoms with E-state index in [1.54, 1.807) is 36.4 Å². The second-order valence-corrected chi connectivity index (χ2v) is 10.1. The molecular weight excluding hydrogens is 458 g/mol. The zero-order valence-corrected chi connectivity index (χ0v) is 21.0. The first-order chi connectivity index (χ1) is 16.4. The van der Waals surface area contributed by atoms with E-state index in [4.69, 9.17) is 18.9 Å². The van der Waals surface area contributed by atoms with E-state index in [0.717, 1.165) is 5.56 Å². The third-order valence-electron chi connectivity index (χ3n) is 5.94. The lowest BCUT2D eigenvalue weighted by molar-refractivity contribution is -0.150. The number of benzene rings is 2. The Bertz CT molecular complexity index is 1050. The minimum Gasteiger partial charge on any atom is -0.493 e. The van der Waals surface area contributed by atoms with Crippen molar-refractivity contribution < 1.29 is 32.2 Å². The molecule has 0 amide bonds. The van der Waals surface area contributed by atoms with Gasteiger partial charge in [0, 0.05) is 12.5 Å². The summed E-state index contributed by atoms with van der Waals surface area (Å²) in [4.78, 5) is 13.3. The van der Waals surface area contributed by atoms with Crippen LogP contribution in [0.15, 0.2) is 42.5 Å². The molecule has 1 fully saturated rings. The Kier molecular flexibility index (Phi) is 8.79. The van der Waals surface area contributed by atoms with Gasteiger partial charge in [-0.25, -0.2) is 8.42 Å². The maximum absolute atomic E-state index is 13.5. The first-order valence-electron chi connectivity index (χ1n) is 11.4. The quantitative estimate of drug-likeness (QED) is 0.468. The molecule has 1 aliphatic heterocycles. The standard InChI is InChI=1S/C25H33NO7S/c1-5-14-33-25(27)23-20(19-15-21(30-2)24(32-4)22(16-19)31-3)12-9-13-26(23)34(28,29)17-18-10-7-6-8-11-18/h6-8,10-11,15-16,20,23H,5,9,12-14,17H2,1-4H3. The molecule has 1 saturated heterocycles. The van der Waals surface area contributed by atoms with Gasteiger partial charge in [-0.1, -0.05) is 37.3 Å². The molecule has 2 aromatic carbocycles. The number of nitrogens with zero attached hydrogens (tertiary/aromatic N) is 1. The average Bonchev–Trinajstić information content (AvgIpc) is 2.86. The molecule has 0 saturated carbocycles. The number of methoxy groups -OCH3 is 3. The fourth-order valence-electron chi connectivity index (χ4n) is 4.38. The lowest BCUT2D eigenvalue weighted by Crippen LogP contribution is -2.52. The molecule has 1 aliphatic rings. The smallest absolute Gasteiger partial charge is 0.325 e. The van der Waals surface area contributed by atoms with E-state index in [1.165, 1.54) is 25.6 Å². The van der Waals surface area contributed by atoms with Crippen LogP contribution in [0.5, 0.6) is 17.2 Å². The van der Waals surface area contributed by atoms with Gasteiger partial charge in [0.2, 0.25) is 15.8 Å². The molecule has 0 N–H and O–H groups in total.